The molecule has 0 heterocycles. The average molecular weight is 282 g/mol. The van der Waals surface area contributed by atoms with E-state index in [0.29, 0.717) is 30.6 Å². The van der Waals surface area contributed by atoms with Crippen molar-refractivity contribution in [2.45, 2.75) is 45.2 Å². The molecule has 1 aliphatic rings. The molecule has 1 aliphatic carbocycles. The number of nitrogens with two attached hydrogens (primary N) is 1. The molecular formula is C16H24F2N2. The van der Waals surface area contributed by atoms with Crippen LogP contribution < -0.4 is 5.73 Å². The first kappa shape index (κ1) is 15.4. The summed E-state index contributed by atoms with van der Waals surface area (Å²) in [7, 11) is 0. The molecule has 0 amide bonds. The summed E-state index contributed by atoms with van der Waals surface area (Å²) < 4.78 is 26.8. The largest absolute Gasteiger partial charge is 0.330 e. The fourth-order valence-corrected chi connectivity index (χ4v) is 3.28. The van der Waals surface area contributed by atoms with Crippen molar-refractivity contribution >= 4 is 0 Å². The van der Waals surface area contributed by atoms with E-state index in [1.807, 2.05) is 0 Å². The molecule has 2 unspecified atom stereocenters. The highest BCUT2D eigenvalue weighted by Crippen LogP contribution is 2.29. The van der Waals surface area contributed by atoms with Gasteiger partial charge in [-0.2, -0.15) is 0 Å². The van der Waals surface area contributed by atoms with E-state index >= 15 is 0 Å². The van der Waals surface area contributed by atoms with Gasteiger partial charge in [0, 0.05) is 24.2 Å². The Morgan fingerprint density at radius 1 is 1.25 bits per heavy atom. The van der Waals surface area contributed by atoms with Crippen LogP contribution in [0.1, 0.15) is 38.2 Å². The first-order chi connectivity index (χ1) is 9.65. The first-order valence-corrected chi connectivity index (χ1v) is 7.53. The van der Waals surface area contributed by atoms with Crippen molar-refractivity contribution in [1.82, 2.24) is 4.90 Å². The van der Waals surface area contributed by atoms with Gasteiger partial charge in [0.15, 0.2) is 0 Å². The van der Waals surface area contributed by atoms with Gasteiger partial charge in [0.05, 0.1) is 0 Å². The summed E-state index contributed by atoms with van der Waals surface area (Å²) in [4.78, 5) is 2.28. The molecule has 1 fully saturated rings. The molecule has 0 bridgehead atoms. The number of hydrogen-bond donors (Lipinski definition) is 1. The Kier molecular flexibility index (Phi) is 5.49. The van der Waals surface area contributed by atoms with E-state index in [1.54, 1.807) is 6.07 Å². The van der Waals surface area contributed by atoms with Gasteiger partial charge in [-0.05, 0) is 37.9 Å². The van der Waals surface area contributed by atoms with Crippen molar-refractivity contribution in [2.75, 3.05) is 13.1 Å². The molecule has 0 saturated heterocycles. The lowest BCUT2D eigenvalue weighted by atomic mass is 9.83. The highest BCUT2D eigenvalue weighted by molar-refractivity contribution is 5.18. The fourth-order valence-electron chi connectivity index (χ4n) is 3.28. The minimum Gasteiger partial charge on any atom is -0.330 e. The molecule has 2 N–H and O–H groups in total. The summed E-state index contributed by atoms with van der Waals surface area (Å²) in [5.41, 5.74) is 6.44. The van der Waals surface area contributed by atoms with E-state index in [4.69, 9.17) is 5.73 Å². The summed E-state index contributed by atoms with van der Waals surface area (Å²) in [5.74, 6) is -0.484. The fraction of sp³-hybridized carbons (Fsp3) is 0.625. The summed E-state index contributed by atoms with van der Waals surface area (Å²) in [6, 6.07) is 4.26. The zero-order valence-corrected chi connectivity index (χ0v) is 12.1. The van der Waals surface area contributed by atoms with E-state index in [2.05, 4.69) is 11.8 Å². The highest BCUT2D eigenvalue weighted by Gasteiger charge is 2.28. The van der Waals surface area contributed by atoms with Crippen molar-refractivity contribution in [2.24, 2.45) is 11.7 Å². The van der Waals surface area contributed by atoms with E-state index in [1.165, 1.54) is 18.9 Å². The zero-order valence-electron chi connectivity index (χ0n) is 12.1. The molecular weight excluding hydrogens is 258 g/mol. The zero-order chi connectivity index (χ0) is 14.5. The predicted octanol–water partition coefficient (Wildman–Crippen LogP) is 3.30. The summed E-state index contributed by atoms with van der Waals surface area (Å²) in [5, 5.41) is 0. The van der Waals surface area contributed by atoms with Gasteiger partial charge in [-0.1, -0.05) is 25.8 Å². The number of rotatable bonds is 5. The van der Waals surface area contributed by atoms with Crippen LogP contribution in [0.5, 0.6) is 0 Å². The second-order valence-corrected chi connectivity index (χ2v) is 5.65. The molecule has 4 heteroatoms. The average Bonchev–Trinajstić information content (AvgIpc) is 2.46. The van der Waals surface area contributed by atoms with E-state index in [9.17, 15) is 8.78 Å². The first-order valence-electron chi connectivity index (χ1n) is 7.53. The Morgan fingerprint density at radius 2 is 2.00 bits per heavy atom. The van der Waals surface area contributed by atoms with Crippen LogP contribution in [0.2, 0.25) is 0 Å². The number of benzene rings is 1. The van der Waals surface area contributed by atoms with Crippen LogP contribution in [0.4, 0.5) is 8.78 Å². The number of halogens is 2. The van der Waals surface area contributed by atoms with Gasteiger partial charge in [0.25, 0.3) is 0 Å². The molecule has 1 aromatic rings. The minimum absolute atomic E-state index is 0.420. The monoisotopic (exact) mass is 282 g/mol. The Morgan fingerprint density at radius 3 is 2.65 bits per heavy atom. The van der Waals surface area contributed by atoms with Crippen molar-refractivity contribution in [3.63, 3.8) is 0 Å². The van der Waals surface area contributed by atoms with E-state index < -0.39 is 11.6 Å². The molecule has 0 spiro atoms. The molecule has 0 radical (unpaired) electrons. The predicted molar refractivity (Wildman–Crippen MR) is 77.2 cm³/mol. The lowest BCUT2D eigenvalue weighted by Crippen LogP contribution is -2.44. The van der Waals surface area contributed by atoms with Gasteiger partial charge < -0.3 is 5.73 Å². The second-order valence-electron chi connectivity index (χ2n) is 5.65. The van der Waals surface area contributed by atoms with E-state index in [0.717, 1.165) is 25.5 Å². The molecule has 20 heavy (non-hydrogen) atoms. The lowest BCUT2D eigenvalue weighted by Gasteiger charge is -2.39. The maximum absolute atomic E-state index is 13.8. The Bertz CT molecular complexity index is 436. The molecule has 2 rings (SSSR count). The van der Waals surface area contributed by atoms with Crippen molar-refractivity contribution in [1.29, 1.82) is 0 Å². The number of nitrogens with zero attached hydrogens (tertiary/aromatic N) is 1. The van der Waals surface area contributed by atoms with Crippen LogP contribution in [0.25, 0.3) is 0 Å². The Labute approximate surface area is 120 Å². The Hall–Kier alpha value is -1.00. The third-order valence-corrected chi connectivity index (χ3v) is 4.44. The van der Waals surface area contributed by atoms with Gasteiger partial charge in [-0.25, -0.2) is 8.78 Å². The molecule has 2 atom stereocenters. The molecule has 112 valence electrons. The van der Waals surface area contributed by atoms with Crippen LogP contribution in [-0.2, 0) is 6.54 Å². The standard InChI is InChI=1S/C16H24F2N2/c1-2-20(16-6-4-3-5-12(16)10-19)11-13-7-8-14(17)9-15(13)18/h7-9,12,16H,2-6,10-11,19H2,1H3. The molecule has 2 nitrogen and oxygen atoms in total. The van der Waals surface area contributed by atoms with Gasteiger partial charge in [-0.3, -0.25) is 4.90 Å². The van der Waals surface area contributed by atoms with Crippen molar-refractivity contribution in [3.8, 4) is 0 Å². The van der Waals surface area contributed by atoms with Crippen molar-refractivity contribution in [3.05, 3.63) is 35.4 Å². The maximum Gasteiger partial charge on any atom is 0.130 e. The van der Waals surface area contributed by atoms with Gasteiger partial charge in [0.1, 0.15) is 11.6 Å². The SMILES string of the molecule is CCN(Cc1ccc(F)cc1F)C1CCCCC1CN. The van der Waals surface area contributed by atoms with Crippen LogP contribution in [0.3, 0.4) is 0 Å². The van der Waals surface area contributed by atoms with Crippen LogP contribution in [0.15, 0.2) is 18.2 Å². The van der Waals surface area contributed by atoms with Crippen molar-refractivity contribution < 1.29 is 8.78 Å². The smallest absolute Gasteiger partial charge is 0.130 e. The normalized spacial score (nSPS) is 23.2. The minimum atomic E-state index is -0.521. The molecule has 1 aromatic carbocycles. The van der Waals surface area contributed by atoms with Gasteiger partial charge in [-0.15, -0.1) is 0 Å². The third kappa shape index (κ3) is 3.55. The van der Waals surface area contributed by atoms with Crippen LogP contribution in [0, 0.1) is 17.6 Å². The van der Waals surface area contributed by atoms with E-state index in [-0.39, 0.29) is 0 Å². The molecule has 0 aromatic heterocycles. The van der Waals surface area contributed by atoms with Crippen LogP contribution >= 0.6 is 0 Å². The van der Waals surface area contributed by atoms with Gasteiger partial charge >= 0.3 is 0 Å². The van der Waals surface area contributed by atoms with Gasteiger partial charge in [0.2, 0.25) is 0 Å². The van der Waals surface area contributed by atoms with Crippen LogP contribution in [-0.4, -0.2) is 24.0 Å². The Balaban J connectivity index is 2.11. The topological polar surface area (TPSA) is 29.3 Å². The molecule has 1 saturated carbocycles. The summed E-state index contributed by atoms with van der Waals surface area (Å²) in [6.45, 7) is 4.17. The summed E-state index contributed by atoms with van der Waals surface area (Å²) >= 11 is 0. The third-order valence-electron chi connectivity index (χ3n) is 4.44. The lowest BCUT2D eigenvalue weighted by molar-refractivity contribution is 0.104. The number of hydrogen-bond acceptors (Lipinski definition) is 2. The maximum atomic E-state index is 13.8. The quantitative estimate of drug-likeness (QED) is 0.898. The second kappa shape index (κ2) is 7.14. The summed E-state index contributed by atoms with van der Waals surface area (Å²) in [6.07, 6.45) is 4.73. The molecule has 0 aliphatic heterocycles. The highest BCUT2D eigenvalue weighted by atomic mass is 19.1.